The first-order valence-electron chi connectivity index (χ1n) is 7.69. The van der Waals surface area contributed by atoms with Crippen LogP contribution in [0.15, 0.2) is 0 Å². The maximum absolute atomic E-state index is 11.7. The topological polar surface area (TPSA) is 77.5 Å². The standard InChI is InChI=1S/C16H24O5/c1-12(17)6-7-14(19)9-11-15-10-8-13(18)4-2-3-5-16(20)21-15/h15H,2-11H2,1H3. The van der Waals surface area contributed by atoms with Crippen LogP contribution < -0.4 is 0 Å². The van der Waals surface area contributed by atoms with Gasteiger partial charge in [-0.15, -0.1) is 0 Å². The van der Waals surface area contributed by atoms with Gasteiger partial charge in [0.15, 0.2) is 0 Å². The van der Waals surface area contributed by atoms with Crippen molar-refractivity contribution >= 4 is 23.3 Å². The normalized spacial score (nSPS) is 20.7. The summed E-state index contributed by atoms with van der Waals surface area (Å²) >= 11 is 0. The van der Waals surface area contributed by atoms with Crippen molar-refractivity contribution < 1.29 is 23.9 Å². The van der Waals surface area contributed by atoms with E-state index in [-0.39, 0.29) is 42.3 Å². The summed E-state index contributed by atoms with van der Waals surface area (Å²) in [6.07, 6.45) is 4.05. The van der Waals surface area contributed by atoms with Crippen LogP contribution in [0.5, 0.6) is 0 Å². The molecule has 21 heavy (non-hydrogen) atoms. The molecule has 0 aromatic heterocycles. The molecule has 1 saturated heterocycles. The first kappa shape index (κ1) is 17.5. The highest BCUT2D eigenvalue weighted by Crippen LogP contribution is 2.17. The molecule has 1 aliphatic rings. The van der Waals surface area contributed by atoms with Crippen molar-refractivity contribution in [2.24, 2.45) is 0 Å². The van der Waals surface area contributed by atoms with Crippen LogP contribution in [-0.4, -0.2) is 29.4 Å². The fourth-order valence-corrected chi connectivity index (χ4v) is 2.31. The second kappa shape index (κ2) is 9.42. The molecule has 0 saturated carbocycles. The van der Waals surface area contributed by atoms with Crippen LogP contribution in [0.1, 0.15) is 71.1 Å². The van der Waals surface area contributed by atoms with Crippen LogP contribution in [0.25, 0.3) is 0 Å². The molecule has 1 atom stereocenters. The van der Waals surface area contributed by atoms with Crippen molar-refractivity contribution in [1.29, 1.82) is 0 Å². The predicted molar refractivity (Wildman–Crippen MR) is 76.7 cm³/mol. The smallest absolute Gasteiger partial charge is 0.306 e. The molecule has 1 unspecified atom stereocenters. The first-order chi connectivity index (χ1) is 9.97. The fraction of sp³-hybridized carbons (Fsp3) is 0.750. The molecule has 0 spiro atoms. The van der Waals surface area contributed by atoms with Gasteiger partial charge in [0.05, 0.1) is 0 Å². The van der Waals surface area contributed by atoms with Gasteiger partial charge in [-0.1, -0.05) is 0 Å². The molecule has 0 radical (unpaired) electrons. The van der Waals surface area contributed by atoms with Crippen molar-refractivity contribution in [3.63, 3.8) is 0 Å². The van der Waals surface area contributed by atoms with Gasteiger partial charge in [-0.2, -0.15) is 0 Å². The Morgan fingerprint density at radius 2 is 1.76 bits per heavy atom. The van der Waals surface area contributed by atoms with E-state index in [0.717, 1.165) is 6.42 Å². The van der Waals surface area contributed by atoms with E-state index >= 15 is 0 Å². The molecule has 1 aliphatic heterocycles. The lowest BCUT2D eigenvalue weighted by Gasteiger charge is -2.18. The van der Waals surface area contributed by atoms with Crippen molar-refractivity contribution in [2.75, 3.05) is 0 Å². The summed E-state index contributed by atoms with van der Waals surface area (Å²) in [4.78, 5) is 45.7. The Balaban J connectivity index is 2.40. The third-order valence-electron chi connectivity index (χ3n) is 3.63. The molecule has 118 valence electrons. The molecule has 0 aromatic rings. The van der Waals surface area contributed by atoms with E-state index in [1.807, 2.05) is 0 Å². The van der Waals surface area contributed by atoms with Crippen LogP contribution >= 0.6 is 0 Å². The summed E-state index contributed by atoms with van der Waals surface area (Å²) in [5.41, 5.74) is 0. The van der Waals surface area contributed by atoms with Crippen molar-refractivity contribution in [3.05, 3.63) is 0 Å². The highest BCUT2D eigenvalue weighted by molar-refractivity contribution is 5.84. The van der Waals surface area contributed by atoms with Crippen LogP contribution in [-0.2, 0) is 23.9 Å². The molecule has 0 aliphatic carbocycles. The Labute approximate surface area is 125 Å². The van der Waals surface area contributed by atoms with Gasteiger partial charge >= 0.3 is 5.97 Å². The maximum Gasteiger partial charge on any atom is 0.306 e. The predicted octanol–water partition coefficient (Wildman–Crippen LogP) is 2.54. The lowest BCUT2D eigenvalue weighted by molar-refractivity contribution is -0.151. The fourth-order valence-electron chi connectivity index (χ4n) is 2.31. The van der Waals surface area contributed by atoms with Gasteiger partial charge in [0.1, 0.15) is 23.5 Å². The average Bonchev–Trinajstić information content (AvgIpc) is 2.43. The second-order valence-electron chi connectivity index (χ2n) is 5.68. The van der Waals surface area contributed by atoms with Crippen molar-refractivity contribution in [3.8, 4) is 0 Å². The van der Waals surface area contributed by atoms with E-state index in [1.54, 1.807) is 0 Å². The Hall–Kier alpha value is -1.52. The highest BCUT2D eigenvalue weighted by atomic mass is 16.5. The zero-order chi connectivity index (χ0) is 15.7. The van der Waals surface area contributed by atoms with Gasteiger partial charge < -0.3 is 9.53 Å². The Kier molecular flexibility index (Phi) is 7.87. The molecule has 1 rings (SSSR count). The quantitative estimate of drug-likeness (QED) is 0.704. The molecule has 1 fully saturated rings. The highest BCUT2D eigenvalue weighted by Gasteiger charge is 2.19. The van der Waals surface area contributed by atoms with Crippen LogP contribution in [0, 0.1) is 0 Å². The summed E-state index contributed by atoms with van der Waals surface area (Å²) < 4.78 is 5.34. The molecule has 0 bridgehead atoms. The summed E-state index contributed by atoms with van der Waals surface area (Å²) in [6.45, 7) is 1.46. The number of rotatable bonds is 6. The number of carbonyl (C=O) groups excluding carboxylic acids is 4. The van der Waals surface area contributed by atoms with Gasteiger partial charge in [-0.25, -0.2) is 0 Å². The average molecular weight is 296 g/mol. The van der Waals surface area contributed by atoms with Crippen LogP contribution in [0.2, 0.25) is 0 Å². The minimum absolute atomic E-state index is 0.000865. The zero-order valence-electron chi connectivity index (χ0n) is 12.7. The van der Waals surface area contributed by atoms with E-state index < -0.39 is 0 Å². The molecular weight excluding hydrogens is 272 g/mol. The summed E-state index contributed by atoms with van der Waals surface area (Å²) in [5.74, 6) is -0.0462. The minimum Gasteiger partial charge on any atom is -0.462 e. The third-order valence-corrected chi connectivity index (χ3v) is 3.63. The molecule has 1 heterocycles. The minimum atomic E-state index is -0.360. The number of cyclic esters (lactones) is 1. The van der Waals surface area contributed by atoms with Crippen molar-refractivity contribution in [2.45, 2.75) is 77.2 Å². The monoisotopic (exact) mass is 296 g/mol. The number of carbonyl (C=O) groups is 4. The first-order valence-corrected chi connectivity index (χ1v) is 7.69. The SMILES string of the molecule is CC(=O)CCC(=O)CCC1CCC(=O)CCCCC(=O)O1. The number of ketones is 3. The van der Waals surface area contributed by atoms with Gasteiger partial charge in [-0.05, 0) is 32.6 Å². The summed E-state index contributed by atoms with van der Waals surface area (Å²) in [5, 5.41) is 0. The Morgan fingerprint density at radius 3 is 2.48 bits per heavy atom. The molecule has 0 aromatic carbocycles. The molecule has 0 N–H and O–H groups in total. The molecule has 0 amide bonds. The van der Waals surface area contributed by atoms with Gasteiger partial charge in [-0.3, -0.25) is 14.4 Å². The Bertz CT molecular complexity index is 399. The number of esters is 1. The largest absolute Gasteiger partial charge is 0.462 e. The van der Waals surface area contributed by atoms with Crippen LogP contribution in [0.3, 0.4) is 0 Å². The second-order valence-corrected chi connectivity index (χ2v) is 5.68. The van der Waals surface area contributed by atoms with E-state index in [1.165, 1.54) is 6.92 Å². The van der Waals surface area contributed by atoms with E-state index in [4.69, 9.17) is 4.74 Å². The summed E-state index contributed by atoms with van der Waals surface area (Å²) in [7, 11) is 0. The van der Waals surface area contributed by atoms with Gasteiger partial charge in [0, 0.05) is 38.5 Å². The van der Waals surface area contributed by atoms with E-state index in [2.05, 4.69) is 0 Å². The maximum atomic E-state index is 11.7. The lowest BCUT2D eigenvalue weighted by atomic mass is 10.00. The molecular formula is C16H24O5. The number of hydrogen-bond donors (Lipinski definition) is 0. The van der Waals surface area contributed by atoms with Gasteiger partial charge in [0.25, 0.3) is 0 Å². The number of hydrogen-bond acceptors (Lipinski definition) is 5. The van der Waals surface area contributed by atoms with Crippen LogP contribution in [0.4, 0.5) is 0 Å². The zero-order valence-corrected chi connectivity index (χ0v) is 12.7. The third kappa shape index (κ3) is 8.38. The lowest BCUT2D eigenvalue weighted by Crippen LogP contribution is -2.21. The van der Waals surface area contributed by atoms with E-state index in [0.29, 0.717) is 44.9 Å². The number of ether oxygens (including phenoxy) is 1. The van der Waals surface area contributed by atoms with Crippen molar-refractivity contribution in [1.82, 2.24) is 0 Å². The van der Waals surface area contributed by atoms with E-state index in [9.17, 15) is 19.2 Å². The van der Waals surface area contributed by atoms with Gasteiger partial charge in [0.2, 0.25) is 0 Å². The number of Topliss-reactive ketones (excluding diaryl/α,β-unsaturated/α-hetero) is 3. The summed E-state index contributed by atoms with van der Waals surface area (Å²) in [6, 6.07) is 0. The molecule has 5 heteroatoms. The molecule has 5 nitrogen and oxygen atoms in total. The Morgan fingerprint density at radius 1 is 1.05 bits per heavy atom.